The van der Waals surface area contributed by atoms with E-state index < -0.39 is 0 Å². The minimum Gasteiger partial charge on any atom is -0.493 e. The highest BCUT2D eigenvalue weighted by molar-refractivity contribution is 7.11. The highest BCUT2D eigenvalue weighted by Crippen LogP contribution is 2.20. The van der Waals surface area contributed by atoms with Crippen molar-refractivity contribution in [2.45, 2.75) is 33.2 Å². The fourth-order valence-electron chi connectivity index (χ4n) is 2.08. The van der Waals surface area contributed by atoms with Gasteiger partial charge in [-0.2, -0.15) is 0 Å². The van der Waals surface area contributed by atoms with E-state index in [9.17, 15) is 0 Å². The molecule has 0 aliphatic carbocycles. The van der Waals surface area contributed by atoms with E-state index in [0.717, 1.165) is 25.1 Å². The fraction of sp³-hybridized carbons (Fsp3) is 0.438. The average molecular weight is 290 g/mol. The lowest BCUT2D eigenvalue weighted by Crippen LogP contribution is -2.05. The molecular formula is C16H22N2OS. The van der Waals surface area contributed by atoms with Crippen LogP contribution < -0.4 is 10.1 Å². The van der Waals surface area contributed by atoms with Crippen molar-refractivity contribution in [3.8, 4) is 5.75 Å². The van der Waals surface area contributed by atoms with Crippen LogP contribution >= 0.6 is 11.3 Å². The number of nitrogens with zero attached hydrogens (tertiary/aromatic N) is 1. The molecule has 1 aromatic heterocycles. The Labute approximate surface area is 125 Å². The summed E-state index contributed by atoms with van der Waals surface area (Å²) in [5, 5.41) is 4.37. The van der Waals surface area contributed by atoms with E-state index in [1.165, 1.54) is 21.1 Å². The molecular weight excluding hydrogens is 268 g/mol. The van der Waals surface area contributed by atoms with E-state index in [0.29, 0.717) is 6.61 Å². The van der Waals surface area contributed by atoms with Crippen molar-refractivity contribution in [1.29, 1.82) is 0 Å². The first-order chi connectivity index (χ1) is 9.72. The van der Waals surface area contributed by atoms with E-state index in [1.54, 1.807) is 11.3 Å². The molecule has 2 aromatic rings. The maximum absolute atomic E-state index is 5.78. The van der Waals surface area contributed by atoms with Gasteiger partial charge in [-0.05, 0) is 38.1 Å². The van der Waals surface area contributed by atoms with Crippen molar-refractivity contribution in [3.05, 3.63) is 45.4 Å². The zero-order valence-corrected chi connectivity index (χ0v) is 13.2. The van der Waals surface area contributed by atoms with Crippen LogP contribution in [0, 0.1) is 6.92 Å². The van der Waals surface area contributed by atoms with E-state index >= 15 is 0 Å². The Morgan fingerprint density at radius 1 is 1.35 bits per heavy atom. The molecule has 2 rings (SSSR count). The lowest BCUT2D eigenvalue weighted by Gasteiger charge is -2.05. The normalized spacial score (nSPS) is 10.8. The summed E-state index contributed by atoms with van der Waals surface area (Å²) in [4.78, 5) is 6.04. The summed E-state index contributed by atoms with van der Waals surface area (Å²) < 4.78 is 5.78. The van der Waals surface area contributed by atoms with Crippen molar-refractivity contribution in [2.75, 3.05) is 13.7 Å². The molecule has 0 radical (unpaired) electrons. The third-order valence-corrected chi connectivity index (χ3v) is 4.23. The van der Waals surface area contributed by atoms with Gasteiger partial charge < -0.3 is 10.1 Å². The second-order valence-electron chi connectivity index (χ2n) is 4.78. The number of ether oxygens (including phenoxy) is 1. The van der Waals surface area contributed by atoms with Crippen LogP contribution in [0.2, 0.25) is 0 Å². The van der Waals surface area contributed by atoms with Crippen LogP contribution in [0.15, 0.2) is 24.3 Å². The number of aryl methyl sites for hydroxylation is 2. The van der Waals surface area contributed by atoms with Gasteiger partial charge >= 0.3 is 0 Å². The first kappa shape index (κ1) is 15.0. The van der Waals surface area contributed by atoms with Crippen LogP contribution in [0.5, 0.6) is 5.75 Å². The number of hydrogen-bond acceptors (Lipinski definition) is 4. The number of hydrogen-bond donors (Lipinski definition) is 1. The maximum atomic E-state index is 5.78. The van der Waals surface area contributed by atoms with Crippen LogP contribution in [0.25, 0.3) is 0 Å². The Hall–Kier alpha value is -1.39. The van der Waals surface area contributed by atoms with Gasteiger partial charge in [-0.1, -0.05) is 19.1 Å². The van der Waals surface area contributed by atoms with Gasteiger partial charge in [0.15, 0.2) is 0 Å². The molecule has 0 bridgehead atoms. The van der Waals surface area contributed by atoms with Crippen LogP contribution in [-0.2, 0) is 19.4 Å². The molecule has 0 aliphatic heterocycles. The molecule has 1 aromatic carbocycles. The first-order valence-electron chi connectivity index (χ1n) is 7.04. The number of nitrogens with one attached hydrogen (secondary N) is 1. The number of rotatable bonds is 7. The summed E-state index contributed by atoms with van der Waals surface area (Å²) in [6, 6.07) is 8.16. The largest absolute Gasteiger partial charge is 0.493 e. The van der Waals surface area contributed by atoms with Gasteiger partial charge in [-0.3, -0.25) is 0 Å². The topological polar surface area (TPSA) is 34.1 Å². The molecule has 0 aliphatic rings. The SMILES string of the molecule is CCc1nc(CCOc2cccc(C)c2)sc1CNC. The lowest BCUT2D eigenvalue weighted by atomic mass is 10.2. The molecule has 0 saturated heterocycles. The highest BCUT2D eigenvalue weighted by Gasteiger charge is 2.09. The van der Waals surface area contributed by atoms with E-state index in [2.05, 4.69) is 31.3 Å². The Morgan fingerprint density at radius 2 is 2.20 bits per heavy atom. The van der Waals surface area contributed by atoms with E-state index in [4.69, 9.17) is 9.72 Å². The average Bonchev–Trinajstić information content (AvgIpc) is 2.82. The monoisotopic (exact) mass is 290 g/mol. The molecule has 0 saturated carbocycles. The predicted octanol–water partition coefficient (Wildman–Crippen LogP) is 3.35. The van der Waals surface area contributed by atoms with E-state index in [-0.39, 0.29) is 0 Å². The molecule has 20 heavy (non-hydrogen) atoms. The minimum atomic E-state index is 0.680. The van der Waals surface area contributed by atoms with Gasteiger partial charge in [-0.25, -0.2) is 4.98 Å². The molecule has 0 atom stereocenters. The zero-order valence-electron chi connectivity index (χ0n) is 12.4. The minimum absolute atomic E-state index is 0.680. The zero-order chi connectivity index (χ0) is 14.4. The van der Waals surface area contributed by atoms with Gasteiger partial charge in [-0.15, -0.1) is 11.3 Å². The first-order valence-corrected chi connectivity index (χ1v) is 7.86. The molecule has 0 fully saturated rings. The molecule has 4 heteroatoms. The molecule has 0 unspecified atom stereocenters. The summed E-state index contributed by atoms with van der Waals surface area (Å²) in [7, 11) is 1.97. The van der Waals surface area contributed by atoms with Crippen molar-refractivity contribution in [2.24, 2.45) is 0 Å². The van der Waals surface area contributed by atoms with Crippen molar-refractivity contribution in [3.63, 3.8) is 0 Å². The van der Waals surface area contributed by atoms with Crippen LogP contribution in [0.4, 0.5) is 0 Å². The number of benzene rings is 1. The maximum Gasteiger partial charge on any atom is 0.119 e. The summed E-state index contributed by atoms with van der Waals surface area (Å²) in [5.74, 6) is 0.938. The highest BCUT2D eigenvalue weighted by atomic mass is 32.1. The van der Waals surface area contributed by atoms with Crippen LogP contribution in [-0.4, -0.2) is 18.6 Å². The Bertz CT molecular complexity index is 551. The number of thiazole rings is 1. The second kappa shape index (κ2) is 7.41. The second-order valence-corrected chi connectivity index (χ2v) is 5.94. The molecule has 0 amide bonds. The van der Waals surface area contributed by atoms with Crippen LogP contribution in [0.3, 0.4) is 0 Å². The molecule has 108 valence electrons. The van der Waals surface area contributed by atoms with Crippen LogP contribution in [0.1, 0.15) is 28.1 Å². The molecule has 1 N–H and O–H groups in total. The smallest absolute Gasteiger partial charge is 0.119 e. The lowest BCUT2D eigenvalue weighted by molar-refractivity contribution is 0.321. The Balaban J connectivity index is 1.90. The van der Waals surface area contributed by atoms with Crippen molar-refractivity contribution >= 4 is 11.3 Å². The Kier molecular flexibility index (Phi) is 5.56. The third kappa shape index (κ3) is 4.05. The predicted molar refractivity (Wildman–Crippen MR) is 84.6 cm³/mol. The summed E-state index contributed by atoms with van der Waals surface area (Å²) >= 11 is 1.79. The molecule has 1 heterocycles. The quantitative estimate of drug-likeness (QED) is 0.849. The van der Waals surface area contributed by atoms with Crippen molar-refractivity contribution in [1.82, 2.24) is 10.3 Å². The molecule has 3 nitrogen and oxygen atoms in total. The Morgan fingerprint density at radius 3 is 2.90 bits per heavy atom. The summed E-state index contributed by atoms with van der Waals surface area (Å²) in [5.41, 5.74) is 2.44. The van der Waals surface area contributed by atoms with Gasteiger partial charge in [0.2, 0.25) is 0 Å². The standard InChI is InChI=1S/C16H22N2OS/c1-4-14-15(11-17-3)20-16(18-14)8-9-19-13-7-5-6-12(2)10-13/h5-7,10,17H,4,8-9,11H2,1-3H3. The van der Waals surface area contributed by atoms with Gasteiger partial charge in [0, 0.05) is 17.8 Å². The fourth-order valence-corrected chi connectivity index (χ4v) is 3.23. The van der Waals surface area contributed by atoms with Gasteiger partial charge in [0.1, 0.15) is 5.75 Å². The van der Waals surface area contributed by atoms with E-state index in [1.807, 2.05) is 19.2 Å². The van der Waals surface area contributed by atoms with Crippen molar-refractivity contribution < 1.29 is 4.74 Å². The summed E-state index contributed by atoms with van der Waals surface area (Å²) in [6.07, 6.45) is 1.86. The third-order valence-electron chi connectivity index (χ3n) is 3.07. The number of aromatic nitrogens is 1. The van der Waals surface area contributed by atoms with Gasteiger partial charge in [0.25, 0.3) is 0 Å². The molecule has 0 spiro atoms. The van der Waals surface area contributed by atoms with Gasteiger partial charge in [0.05, 0.1) is 17.3 Å². The summed E-state index contributed by atoms with van der Waals surface area (Å²) in [6.45, 7) is 5.81.